The lowest BCUT2D eigenvalue weighted by atomic mass is 10.1. The highest BCUT2D eigenvalue weighted by Crippen LogP contribution is 2.32. The van der Waals surface area contributed by atoms with Crippen molar-refractivity contribution >= 4 is 10.9 Å². The van der Waals surface area contributed by atoms with E-state index in [1.54, 1.807) is 20.4 Å². The van der Waals surface area contributed by atoms with Crippen LogP contribution in [0.3, 0.4) is 0 Å². The number of nitrogens with zero attached hydrogens (tertiary/aromatic N) is 3. The molecule has 26 heavy (non-hydrogen) atoms. The fourth-order valence-corrected chi connectivity index (χ4v) is 3.30. The number of methoxy groups -OCH3 is 1. The molecule has 7 nitrogen and oxygen atoms in total. The lowest BCUT2D eigenvalue weighted by Gasteiger charge is -2.18. The first kappa shape index (κ1) is 18.0. The van der Waals surface area contributed by atoms with Crippen LogP contribution in [0, 0.1) is 0 Å². The first-order valence-electron chi connectivity index (χ1n) is 8.50. The summed E-state index contributed by atoms with van der Waals surface area (Å²) in [4.78, 5) is 25.2. The largest absolute Gasteiger partial charge is 0.497 e. The van der Waals surface area contributed by atoms with Gasteiger partial charge in [0.25, 0.3) is 5.56 Å². The van der Waals surface area contributed by atoms with Gasteiger partial charge in [-0.25, -0.2) is 4.79 Å². The van der Waals surface area contributed by atoms with Crippen LogP contribution in [0.2, 0.25) is 0 Å². The molecule has 7 heteroatoms. The third-order valence-corrected chi connectivity index (χ3v) is 4.91. The van der Waals surface area contributed by atoms with Gasteiger partial charge in [0.15, 0.2) is 0 Å². The SMILES string of the molecule is CCC(CO)n1cc2c(c1-c1ccc(OC)cc1)c(=O)n(C)c(=O)n2C. The zero-order valence-electron chi connectivity index (χ0n) is 15.4. The monoisotopic (exact) mass is 357 g/mol. The molecule has 3 aromatic rings. The molecule has 0 saturated heterocycles. The molecule has 1 N–H and O–H groups in total. The van der Waals surface area contributed by atoms with Gasteiger partial charge in [-0.15, -0.1) is 0 Å². The third-order valence-electron chi connectivity index (χ3n) is 4.91. The van der Waals surface area contributed by atoms with Crippen molar-refractivity contribution in [3.05, 3.63) is 51.3 Å². The van der Waals surface area contributed by atoms with Gasteiger partial charge in [-0.2, -0.15) is 0 Å². The maximum atomic E-state index is 12.9. The molecule has 0 radical (unpaired) electrons. The topological polar surface area (TPSA) is 78.4 Å². The maximum Gasteiger partial charge on any atom is 0.330 e. The Labute approximate surface area is 150 Å². The lowest BCUT2D eigenvalue weighted by Crippen LogP contribution is -2.36. The van der Waals surface area contributed by atoms with Gasteiger partial charge in [0.1, 0.15) is 5.75 Å². The average molecular weight is 357 g/mol. The first-order valence-corrected chi connectivity index (χ1v) is 8.50. The third kappa shape index (κ3) is 2.64. The van der Waals surface area contributed by atoms with Crippen molar-refractivity contribution in [2.45, 2.75) is 19.4 Å². The van der Waals surface area contributed by atoms with Crippen molar-refractivity contribution in [2.24, 2.45) is 14.1 Å². The molecular formula is C19H23N3O4. The molecule has 0 aliphatic carbocycles. The van der Waals surface area contributed by atoms with Gasteiger partial charge in [-0.1, -0.05) is 6.92 Å². The van der Waals surface area contributed by atoms with Crippen molar-refractivity contribution in [3.63, 3.8) is 0 Å². The number of aromatic nitrogens is 3. The Bertz CT molecular complexity index is 1050. The number of aryl methyl sites for hydroxylation is 1. The summed E-state index contributed by atoms with van der Waals surface area (Å²) < 4.78 is 9.68. The van der Waals surface area contributed by atoms with Gasteiger partial charge < -0.3 is 14.4 Å². The molecule has 0 saturated carbocycles. The second kappa shape index (κ2) is 6.84. The van der Waals surface area contributed by atoms with E-state index in [4.69, 9.17) is 4.74 Å². The summed E-state index contributed by atoms with van der Waals surface area (Å²) in [5.41, 5.74) is 1.34. The molecule has 138 valence electrons. The van der Waals surface area contributed by atoms with Crippen LogP contribution in [0.15, 0.2) is 40.1 Å². The minimum atomic E-state index is -0.377. The van der Waals surface area contributed by atoms with Gasteiger partial charge in [0.2, 0.25) is 0 Å². The Morgan fingerprint density at radius 2 is 1.77 bits per heavy atom. The number of fused-ring (bicyclic) bond motifs is 1. The van der Waals surface area contributed by atoms with E-state index in [1.807, 2.05) is 35.8 Å². The van der Waals surface area contributed by atoms with Gasteiger partial charge in [-0.3, -0.25) is 13.9 Å². The average Bonchev–Trinajstić information content (AvgIpc) is 3.06. The summed E-state index contributed by atoms with van der Waals surface area (Å²) in [5, 5.41) is 10.3. The standard InChI is InChI=1S/C19H23N3O4/c1-5-13(11-23)22-10-15-16(18(24)21(3)19(25)20(15)2)17(22)12-6-8-14(26-4)9-7-12/h6-10,13,23H,5,11H2,1-4H3. The number of rotatable bonds is 5. The predicted molar refractivity (Wildman–Crippen MR) is 101 cm³/mol. The fraction of sp³-hybridized carbons (Fsp3) is 0.368. The van der Waals surface area contributed by atoms with Crippen LogP contribution in [0.25, 0.3) is 22.2 Å². The fourth-order valence-electron chi connectivity index (χ4n) is 3.30. The molecule has 0 spiro atoms. The zero-order chi connectivity index (χ0) is 19.0. The highest BCUT2D eigenvalue weighted by atomic mass is 16.5. The van der Waals surface area contributed by atoms with E-state index >= 15 is 0 Å². The molecular weight excluding hydrogens is 334 g/mol. The van der Waals surface area contributed by atoms with E-state index in [2.05, 4.69) is 0 Å². The molecule has 0 bridgehead atoms. The van der Waals surface area contributed by atoms with E-state index in [9.17, 15) is 14.7 Å². The quantitative estimate of drug-likeness (QED) is 0.753. The molecule has 2 aromatic heterocycles. The van der Waals surface area contributed by atoms with Crippen molar-refractivity contribution in [3.8, 4) is 17.0 Å². The van der Waals surface area contributed by atoms with E-state index in [0.717, 1.165) is 10.1 Å². The Balaban J connectivity index is 2.45. The number of aliphatic hydroxyl groups excluding tert-OH is 1. The molecule has 0 amide bonds. The molecule has 1 aromatic carbocycles. The number of benzene rings is 1. The number of ether oxygens (including phenoxy) is 1. The molecule has 2 heterocycles. The number of aliphatic hydroxyl groups is 1. The molecule has 0 aliphatic heterocycles. The number of hydrogen-bond acceptors (Lipinski definition) is 4. The van der Waals surface area contributed by atoms with Crippen molar-refractivity contribution < 1.29 is 9.84 Å². The Hall–Kier alpha value is -2.80. The Morgan fingerprint density at radius 3 is 2.31 bits per heavy atom. The van der Waals surface area contributed by atoms with Crippen LogP contribution < -0.4 is 16.0 Å². The predicted octanol–water partition coefficient (Wildman–Crippen LogP) is 1.66. The van der Waals surface area contributed by atoms with E-state index in [0.29, 0.717) is 28.8 Å². The molecule has 1 atom stereocenters. The van der Waals surface area contributed by atoms with Crippen LogP contribution in [0.1, 0.15) is 19.4 Å². The second-order valence-electron chi connectivity index (χ2n) is 6.32. The van der Waals surface area contributed by atoms with Gasteiger partial charge in [-0.05, 0) is 36.2 Å². The summed E-state index contributed by atoms with van der Waals surface area (Å²) in [6.07, 6.45) is 2.47. The molecule has 1 unspecified atom stereocenters. The van der Waals surface area contributed by atoms with Crippen LogP contribution in [0.4, 0.5) is 0 Å². The molecule has 0 aliphatic rings. The van der Waals surface area contributed by atoms with Gasteiger partial charge in [0, 0.05) is 20.3 Å². The van der Waals surface area contributed by atoms with E-state index in [1.165, 1.54) is 11.6 Å². The summed E-state index contributed by atoms with van der Waals surface area (Å²) >= 11 is 0. The second-order valence-corrected chi connectivity index (χ2v) is 6.32. The van der Waals surface area contributed by atoms with Crippen molar-refractivity contribution in [1.82, 2.24) is 13.7 Å². The van der Waals surface area contributed by atoms with Gasteiger partial charge >= 0.3 is 5.69 Å². The smallest absolute Gasteiger partial charge is 0.330 e. The normalized spacial score (nSPS) is 12.5. The Kier molecular flexibility index (Phi) is 4.73. The van der Waals surface area contributed by atoms with Gasteiger partial charge in [0.05, 0.1) is 36.4 Å². The number of hydrogen-bond donors (Lipinski definition) is 1. The van der Waals surface area contributed by atoms with Crippen LogP contribution in [-0.4, -0.2) is 32.5 Å². The first-order chi connectivity index (χ1) is 12.4. The zero-order valence-corrected chi connectivity index (χ0v) is 15.4. The van der Waals surface area contributed by atoms with Crippen LogP contribution >= 0.6 is 0 Å². The minimum absolute atomic E-state index is 0.0606. The summed E-state index contributed by atoms with van der Waals surface area (Å²) in [6.45, 7) is 1.91. The van der Waals surface area contributed by atoms with E-state index in [-0.39, 0.29) is 23.9 Å². The van der Waals surface area contributed by atoms with Crippen molar-refractivity contribution in [2.75, 3.05) is 13.7 Å². The highest BCUT2D eigenvalue weighted by molar-refractivity contribution is 5.93. The summed E-state index contributed by atoms with van der Waals surface area (Å²) in [7, 11) is 4.71. The van der Waals surface area contributed by atoms with Crippen molar-refractivity contribution in [1.29, 1.82) is 0 Å². The summed E-state index contributed by atoms with van der Waals surface area (Å²) in [6, 6.07) is 7.20. The molecule has 0 fully saturated rings. The van der Waals surface area contributed by atoms with Crippen LogP contribution in [0.5, 0.6) is 5.75 Å². The summed E-state index contributed by atoms with van der Waals surface area (Å²) in [5.74, 6) is 0.714. The Morgan fingerprint density at radius 1 is 1.12 bits per heavy atom. The van der Waals surface area contributed by atoms with E-state index < -0.39 is 0 Å². The minimum Gasteiger partial charge on any atom is -0.497 e. The molecule has 3 rings (SSSR count). The van der Waals surface area contributed by atoms with Crippen LogP contribution in [-0.2, 0) is 14.1 Å². The highest BCUT2D eigenvalue weighted by Gasteiger charge is 2.22. The lowest BCUT2D eigenvalue weighted by molar-refractivity contribution is 0.226. The maximum absolute atomic E-state index is 12.9.